The lowest BCUT2D eigenvalue weighted by atomic mass is 9.33. The van der Waals surface area contributed by atoms with Crippen LogP contribution in [0.5, 0.6) is 0 Å². The van der Waals surface area contributed by atoms with Crippen LogP contribution in [0.4, 0.5) is 0 Å². The zero-order valence-corrected chi connectivity index (χ0v) is 31.7. The summed E-state index contributed by atoms with van der Waals surface area (Å²) in [6.45, 7) is 16.6. The van der Waals surface area contributed by atoms with Crippen molar-refractivity contribution >= 4 is 16.1 Å². The van der Waals surface area contributed by atoms with Crippen LogP contribution < -0.4 is 5.32 Å². The lowest BCUT2D eigenvalue weighted by molar-refractivity contribution is -0.218. The van der Waals surface area contributed by atoms with Gasteiger partial charge in [0, 0.05) is 43.7 Å². The number of allylic oxidation sites excluding steroid dienone is 4. The molecule has 0 aromatic heterocycles. The first kappa shape index (κ1) is 35.4. The molecule has 0 radical (unpaired) electrons. The Morgan fingerprint density at radius 1 is 0.875 bits per heavy atom. The second-order valence-corrected chi connectivity index (χ2v) is 21.5. The van der Waals surface area contributed by atoms with Crippen LogP contribution >= 0.6 is 0 Å². The van der Waals surface area contributed by atoms with E-state index in [1.165, 1.54) is 69.8 Å². The Labute approximate surface area is 292 Å². The van der Waals surface area contributed by atoms with Gasteiger partial charge in [-0.3, -0.25) is 0 Å². The third kappa shape index (κ3) is 5.40. The Kier molecular flexibility index (Phi) is 9.06. The molecule has 1 aliphatic heterocycles. The fraction of sp³-hybridized carbons (Fsp3) is 0.878. The van der Waals surface area contributed by atoms with Gasteiger partial charge in [-0.15, -0.1) is 0 Å². The van der Waals surface area contributed by atoms with Crippen LogP contribution in [0.2, 0.25) is 0 Å². The van der Waals surface area contributed by atoms with Gasteiger partial charge in [-0.05, 0) is 140 Å². The highest BCUT2D eigenvalue weighted by atomic mass is 32.2. The largest absolute Gasteiger partial charge is 0.396 e. The maximum atomic E-state index is 12.0. The molecule has 48 heavy (non-hydrogen) atoms. The fourth-order valence-corrected chi connectivity index (χ4v) is 15.5. The van der Waals surface area contributed by atoms with Crippen LogP contribution in [0.1, 0.15) is 125 Å². The topological polar surface area (TPSA) is 86.7 Å². The molecule has 5 fully saturated rings. The van der Waals surface area contributed by atoms with E-state index in [1.54, 1.807) is 5.57 Å². The van der Waals surface area contributed by atoms with Gasteiger partial charge in [-0.25, -0.2) is 8.42 Å². The first-order chi connectivity index (χ1) is 22.7. The molecule has 4 saturated carbocycles. The first-order valence-corrected chi connectivity index (χ1v) is 21.6. The molecule has 1 saturated heterocycles. The zero-order chi connectivity index (χ0) is 34.2. The van der Waals surface area contributed by atoms with Gasteiger partial charge in [0.1, 0.15) is 6.29 Å². The molecule has 9 atom stereocenters. The van der Waals surface area contributed by atoms with Crippen molar-refractivity contribution in [2.24, 2.45) is 50.7 Å². The minimum atomic E-state index is -2.83. The number of sulfone groups is 1. The molecule has 6 aliphatic carbocycles. The molecule has 8 unspecified atom stereocenters. The molecule has 0 amide bonds. The van der Waals surface area contributed by atoms with Gasteiger partial charge in [0.15, 0.2) is 9.84 Å². The molecule has 0 aromatic rings. The molecule has 2 N–H and O–H groups in total. The summed E-state index contributed by atoms with van der Waals surface area (Å²) in [5.41, 5.74) is 4.07. The summed E-state index contributed by atoms with van der Waals surface area (Å²) in [4.78, 5) is 14.4. The second-order valence-electron chi connectivity index (χ2n) is 19.2. The maximum absolute atomic E-state index is 12.0. The fourth-order valence-electron chi connectivity index (χ4n) is 14.2. The quantitative estimate of drug-likeness (QED) is 0.265. The number of aldehydes is 1. The lowest BCUT2D eigenvalue weighted by Gasteiger charge is -2.72. The van der Waals surface area contributed by atoms with E-state index in [4.69, 9.17) is 0 Å². The van der Waals surface area contributed by atoms with Crippen LogP contribution in [-0.2, 0) is 14.6 Å². The number of fused-ring (bicyclic) bond motifs is 7. The number of aliphatic hydroxyl groups excluding tert-OH is 1. The third-order valence-electron chi connectivity index (χ3n) is 17.1. The van der Waals surface area contributed by atoms with Crippen LogP contribution in [0.3, 0.4) is 0 Å². The standard InChI is InChI=1S/C41H66N2O4S/c1-36(2)31(30-10-17-40(29-45,18-11-30)21-26-44)12-15-37(3)34(36)13-16-39(5)35(37)9-8-32-33-7-6-14-41(33,20-19-38(32,39)4)42-22-23-43-24-27-48(46,47)28-25-43/h10,12,29,32-35,42,44H,6-9,11,13-28H2,1-5H3/t32?,33?,34?,35?,37?,38-,39?,40?,41?/m1/s1. The number of carbonyl (C=O) groups is 1. The normalized spacial score (nSPS) is 46.7. The number of aliphatic hydroxyl groups is 1. The number of nitrogens with zero attached hydrogens (tertiary/aromatic N) is 1. The monoisotopic (exact) mass is 682 g/mol. The van der Waals surface area contributed by atoms with E-state index in [1.807, 2.05) is 0 Å². The van der Waals surface area contributed by atoms with Crippen molar-refractivity contribution in [1.29, 1.82) is 0 Å². The molecule has 7 heteroatoms. The minimum Gasteiger partial charge on any atom is -0.396 e. The molecule has 7 rings (SSSR count). The van der Waals surface area contributed by atoms with Crippen molar-refractivity contribution in [2.45, 2.75) is 130 Å². The summed E-state index contributed by atoms with van der Waals surface area (Å²) >= 11 is 0. The summed E-state index contributed by atoms with van der Waals surface area (Å²) in [5.74, 6) is 3.60. The van der Waals surface area contributed by atoms with Crippen molar-refractivity contribution < 1.29 is 18.3 Å². The number of nitrogens with one attached hydrogen (secondary N) is 1. The van der Waals surface area contributed by atoms with Gasteiger partial charge in [-0.1, -0.05) is 53.2 Å². The second kappa shape index (κ2) is 12.3. The molecule has 0 bridgehead atoms. The Balaban J connectivity index is 1.08. The first-order valence-electron chi connectivity index (χ1n) is 19.8. The van der Waals surface area contributed by atoms with Gasteiger partial charge >= 0.3 is 0 Å². The van der Waals surface area contributed by atoms with Gasteiger partial charge < -0.3 is 20.1 Å². The Morgan fingerprint density at radius 2 is 1.65 bits per heavy atom. The number of hydrogen-bond donors (Lipinski definition) is 2. The highest BCUT2D eigenvalue weighted by molar-refractivity contribution is 7.91. The van der Waals surface area contributed by atoms with E-state index in [-0.39, 0.29) is 23.0 Å². The van der Waals surface area contributed by atoms with E-state index >= 15 is 0 Å². The lowest BCUT2D eigenvalue weighted by Crippen LogP contribution is -2.67. The Morgan fingerprint density at radius 3 is 2.33 bits per heavy atom. The van der Waals surface area contributed by atoms with Gasteiger partial charge in [0.25, 0.3) is 0 Å². The molecule has 7 aliphatic rings. The maximum Gasteiger partial charge on any atom is 0.152 e. The van der Waals surface area contributed by atoms with Crippen LogP contribution in [0.15, 0.2) is 23.3 Å². The highest BCUT2D eigenvalue weighted by Crippen LogP contribution is 2.76. The predicted octanol–water partition coefficient (Wildman–Crippen LogP) is 7.13. The number of carbonyl (C=O) groups excluding carboxylic acids is 1. The summed E-state index contributed by atoms with van der Waals surface area (Å²) in [6.07, 6.45) is 22.5. The van der Waals surface area contributed by atoms with E-state index in [0.717, 1.165) is 56.4 Å². The summed E-state index contributed by atoms with van der Waals surface area (Å²) < 4.78 is 23.9. The molecule has 0 aromatic carbocycles. The molecular formula is C41H66N2O4S. The average molecular weight is 683 g/mol. The Hall–Kier alpha value is -1.02. The zero-order valence-electron chi connectivity index (χ0n) is 30.9. The summed E-state index contributed by atoms with van der Waals surface area (Å²) in [5, 5.41) is 13.8. The van der Waals surface area contributed by atoms with Crippen LogP contribution in [0.25, 0.3) is 0 Å². The van der Waals surface area contributed by atoms with Crippen LogP contribution in [-0.4, -0.2) is 74.5 Å². The van der Waals surface area contributed by atoms with Crippen molar-refractivity contribution in [1.82, 2.24) is 10.2 Å². The van der Waals surface area contributed by atoms with Crippen molar-refractivity contribution in [3.63, 3.8) is 0 Å². The average Bonchev–Trinajstić information content (AvgIpc) is 3.47. The summed E-state index contributed by atoms with van der Waals surface area (Å²) in [7, 11) is -2.83. The van der Waals surface area contributed by atoms with Gasteiger partial charge in [-0.2, -0.15) is 0 Å². The van der Waals surface area contributed by atoms with Gasteiger partial charge in [0.05, 0.1) is 11.5 Å². The highest BCUT2D eigenvalue weighted by Gasteiger charge is 2.69. The molecule has 6 nitrogen and oxygen atoms in total. The Bertz CT molecular complexity index is 1420. The van der Waals surface area contributed by atoms with E-state index in [9.17, 15) is 18.3 Å². The van der Waals surface area contributed by atoms with Gasteiger partial charge in [0.2, 0.25) is 0 Å². The molecular weight excluding hydrogens is 617 g/mol. The minimum absolute atomic E-state index is 0.0866. The van der Waals surface area contributed by atoms with E-state index in [0.29, 0.717) is 53.2 Å². The third-order valence-corrected chi connectivity index (χ3v) is 18.7. The number of hydrogen-bond acceptors (Lipinski definition) is 6. The van der Waals surface area contributed by atoms with Crippen molar-refractivity contribution in [3.8, 4) is 0 Å². The predicted molar refractivity (Wildman–Crippen MR) is 194 cm³/mol. The summed E-state index contributed by atoms with van der Waals surface area (Å²) in [6, 6.07) is 0. The van der Waals surface area contributed by atoms with Crippen LogP contribution in [0, 0.1) is 50.7 Å². The van der Waals surface area contributed by atoms with Crippen molar-refractivity contribution in [3.05, 3.63) is 23.3 Å². The molecule has 1 heterocycles. The van der Waals surface area contributed by atoms with E-state index in [2.05, 4.69) is 57.0 Å². The SMILES string of the molecule is CC1(C)C(C2=CCC(C=O)(CCO)CC2)=CCC2(C)C1CCC1(C)C2CCC2C3CCCC3(NCCN3CCS(=O)(=O)CC3)CC[C@]21C. The van der Waals surface area contributed by atoms with E-state index < -0.39 is 9.84 Å². The molecule has 0 spiro atoms. The molecule has 270 valence electrons. The smallest absolute Gasteiger partial charge is 0.152 e. The van der Waals surface area contributed by atoms with Crippen molar-refractivity contribution in [2.75, 3.05) is 44.3 Å². The number of rotatable bonds is 8.